The summed E-state index contributed by atoms with van der Waals surface area (Å²) in [7, 11) is 0. The Morgan fingerprint density at radius 2 is 2.19 bits per heavy atom. The van der Waals surface area contributed by atoms with E-state index in [1.54, 1.807) is 13.0 Å². The summed E-state index contributed by atoms with van der Waals surface area (Å²) in [5, 5.41) is 20.5. The highest BCUT2D eigenvalue weighted by molar-refractivity contribution is 5.52. The average Bonchev–Trinajstić information content (AvgIpc) is 3.30. The number of aryl methyl sites for hydroxylation is 1. The summed E-state index contributed by atoms with van der Waals surface area (Å²) in [6.07, 6.45) is -3.47. The third-order valence-corrected chi connectivity index (χ3v) is 4.88. The standard InChI is InChI=1S/C16H15F3N6O/c1-9-2-10(5-20)13(16(17,18)19)4-14(9)25-15(21-22-23-25)7-24-6-12-3-11(24)8-26-12/h2,4,11-12H,3,6-8H2,1H3/t11-,12-/m0/s1. The van der Waals surface area contributed by atoms with E-state index in [9.17, 15) is 13.2 Å². The Morgan fingerprint density at radius 1 is 1.38 bits per heavy atom. The maximum Gasteiger partial charge on any atom is 0.417 e. The van der Waals surface area contributed by atoms with E-state index in [0.717, 1.165) is 19.0 Å². The quantitative estimate of drug-likeness (QED) is 0.827. The van der Waals surface area contributed by atoms with Gasteiger partial charge in [-0.25, -0.2) is 0 Å². The third kappa shape index (κ3) is 2.83. The zero-order valence-electron chi connectivity index (χ0n) is 13.9. The van der Waals surface area contributed by atoms with E-state index in [0.29, 0.717) is 24.5 Å². The highest BCUT2D eigenvalue weighted by atomic mass is 19.4. The molecule has 3 heterocycles. The molecule has 136 valence electrons. The fourth-order valence-electron chi connectivity index (χ4n) is 3.60. The molecule has 26 heavy (non-hydrogen) atoms. The summed E-state index contributed by atoms with van der Waals surface area (Å²) >= 11 is 0. The Balaban J connectivity index is 1.71. The lowest BCUT2D eigenvalue weighted by Crippen LogP contribution is -2.37. The molecule has 7 nitrogen and oxygen atoms in total. The monoisotopic (exact) mass is 364 g/mol. The number of nitriles is 1. The SMILES string of the molecule is Cc1cc(C#N)c(C(F)(F)F)cc1-n1nnnc1CN1C[C@@H]2C[C@H]1CO2. The smallest absolute Gasteiger partial charge is 0.375 e. The Morgan fingerprint density at radius 3 is 2.81 bits per heavy atom. The largest absolute Gasteiger partial charge is 0.417 e. The second kappa shape index (κ2) is 6.03. The van der Waals surface area contributed by atoms with Crippen molar-refractivity contribution in [3.05, 3.63) is 34.6 Å². The second-order valence-electron chi connectivity index (χ2n) is 6.58. The van der Waals surface area contributed by atoms with Gasteiger partial charge < -0.3 is 4.74 Å². The first-order valence-corrected chi connectivity index (χ1v) is 8.12. The van der Waals surface area contributed by atoms with E-state index >= 15 is 0 Å². The van der Waals surface area contributed by atoms with E-state index < -0.39 is 17.3 Å². The van der Waals surface area contributed by atoms with Gasteiger partial charge in [-0.3, -0.25) is 4.90 Å². The number of aromatic nitrogens is 4. The Hall–Kier alpha value is -2.51. The van der Waals surface area contributed by atoms with Gasteiger partial charge in [0.1, 0.15) is 0 Å². The molecule has 0 radical (unpaired) electrons. The van der Waals surface area contributed by atoms with Gasteiger partial charge in [-0.2, -0.15) is 23.1 Å². The lowest BCUT2D eigenvalue weighted by Gasteiger charge is -2.26. The van der Waals surface area contributed by atoms with Gasteiger partial charge in [0.2, 0.25) is 0 Å². The molecule has 4 rings (SSSR count). The molecule has 2 aliphatic heterocycles. The lowest BCUT2D eigenvalue weighted by molar-refractivity contribution is -0.137. The van der Waals surface area contributed by atoms with Gasteiger partial charge in [-0.15, -0.1) is 5.10 Å². The summed E-state index contributed by atoms with van der Waals surface area (Å²) in [6.45, 7) is 3.48. The van der Waals surface area contributed by atoms with Crippen LogP contribution in [0.1, 0.15) is 28.9 Å². The average molecular weight is 364 g/mol. The molecule has 0 spiro atoms. The van der Waals surface area contributed by atoms with Crippen LogP contribution in [-0.4, -0.2) is 50.4 Å². The molecule has 0 amide bonds. The first-order valence-electron chi connectivity index (χ1n) is 8.12. The second-order valence-corrected chi connectivity index (χ2v) is 6.58. The van der Waals surface area contributed by atoms with Gasteiger partial charge in [-0.05, 0) is 41.5 Å². The van der Waals surface area contributed by atoms with E-state index in [-0.39, 0.29) is 17.8 Å². The van der Waals surface area contributed by atoms with Crippen LogP contribution in [-0.2, 0) is 17.5 Å². The van der Waals surface area contributed by atoms with Crippen LogP contribution in [0, 0.1) is 18.3 Å². The molecule has 2 fully saturated rings. The number of benzene rings is 1. The van der Waals surface area contributed by atoms with Crippen LogP contribution in [0.2, 0.25) is 0 Å². The van der Waals surface area contributed by atoms with Gasteiger partial charge in [-0.1, -0.05) is 0 Å². The molecule has 0 N–H and O–H groups in total. The normalized spacial score (nSPS) is 22.7. The number of rotatable bonds is 3. The highest BCUT2D eigenvalue weighted by Gasteiger charge is 2.39. The number of fused-ring (bicyclic) bond motifs is 2. The number of hydrogen-bond donors (Lipinski definition) is 0. The molecule has 2 atom stereocenters. The van der Waals surface area contributed by atoms with Gasteiger partial charge in [0.05, 0.1) is 42.1 Å². The molecule has 0 saturated carbocycles. The number of likely N-dealkylation sites (tertiary alicyclic amines) is 1. The van der Waals surface area contributed by atoms with E-state index in [2.05, 4.69) is 20.4 Å². The number of morpholine rings is 1. The molecule has 2 bridgehead atoms. The van der Waals surface area contributed by atoms with Crippen LogP contribution in [0.15, 0.2) is 12.1 Å². The Kier molecular flexibility index (Phi) is 3.93. The van der Waals surface area contributed by atoms with Crippen molar-refractivity contribution in [2.24, 2.45) is 0 Å². The Labute approximate surface area is 147 Å². The molecule has 0 unspecified atom stereocenters. The molecule has 2 aliphatic rings. The van der Waals surface area contributed by atoms with Gasteiger partial charge >= 0.3 is 6.18 Å². The zero-order valence-corrected chi connectivity index (χ0v) is 13.9. The van der Waals surface area contributed by atoms with Crippen LogP contribution in [0.4, 0.5) is 13.2 Å². The summed E-state index contributed by atoms with van der Waals surface area (Å²) in [5.74, 6) is 0.457. The molecular weight excluding hydrogens is 349 g/mol. The van der Waals surface area contributed by atoms with E-state index in [4.69, 9.17) is 10.00 Å². The topological polar surface area (TPSA) is 79.9 Å². The van der Waals surface area contributed by atoms with Crippen molar-refractivity contribution in [1.29, 1.82) is 5.26 Å². The number of ether oxygens (including phenoxy) is 1. The van der Waals surface area contributed by atoms with Crippen LogP contribution in [0.5, 0.6) is 0 Å². The predicted molar refractivity (Wildman–Crippen MR) is 82.2 cm³/mol. The minimum absolute atomic E-state index is 0.206. The molecular formula is C16H15F3N6O. The molecule has 0 aliphatic carbocycles. The maximum absolute atomic E-state index is 13.3. The fourth-order valence-corrected chi connectivity index (χ4v) is 3.60. The van der Waals surface area contributed by atoms with Gasteiger partial charge in [0.15, 0.2) is 5.82 Å². The van der Waals surface area contributed by atoms with Crippen LogP contribution in [0.3, 0.4) is 0 Å². The highest BCUT2D eigenvalue weighted by Crippen LogP contribution is 2.35. The Bertz CT molecular complexity index is 887. The number of hydrogen-bond acceptors (Lipinski definition) is 6. The molecule has 10 heteroatoms. The number of halogens is 3. The molecule has 2 saturated heterocycles. The molecule has 1 aromatic carbocycles. The van der Waals surface area contributed by atoms with Crippen molar-refractivity contribution in [1.82, 2.24) is 25.1 Å². The van der Waals surface area contributed by atoms with Crippen molar-refractivity contribution in [3.8, 4) is 11.8 Å². The summed E-state index contributed by atoms with van der Waals surface area (Å²) in [6, 6.07) is 4.05. The van der Waals surface area contributed by atoms with E-state index in [1.807, 2.05) is 0 Å². The first kappa shape index (κ1) is 16.9. The lowest BCUT2D eigenvalue weighted by atomic mass is 10.0. The number of tetrazole rings is 1. The summed E-state index contributed by atoms with van der Waals surface area (Å²) < 4.78 is 46.7. The fraction of sp³-hybridized carbons (Fsp3) is 0.500. The van der Waals surface area contributed by atoms with Crippen LogP contribution < -0.4 is 0 Å². The van der Waals surface area contributed by atoms with Crippen molar-refractivity contribution in [2.75, 3.05) is 13.2 Å². The minimum atomic E-state index is -4.63. The maximum atomic E-state index is 13.3. The number of nitrogens with zero attached hydrogens (tertiary/aromatic N) is 6. The van der Waals surface area contributed by atoms with Crippen molar-refractivity contribution in [2.45, 2.75) is 38.2 Å². The van der Waals surface area contributed by atoms with E-state index in [1.165, 1.54) is 10.7 Å². The van der Waals surface area contributed by atoms with Crippen molar-refractivity contribution < 1.29 is 17.9 Å². The third-order valence-electron chi connectivity index (χ3n) is 4.88. The molecule has 1 aromatic heterocycles. The number of alkyl halides is 3. The molecule has 2 aromatic rings. The van der Waals surface area contributed by atoms with Crippen LogP contribution >= 0.6 is 0 Å². The van der Waals surface area contributed by atoms with Gasteiger partial charge in [0.25, 0.3) is 0 Å². The predicted octanol–water partition coefficient (Wildman–Crippen LogP) is 1.83. The zero-order chi connectivity index (χ0) is 18.5. The minimum Gasteiger partial charge on any atom is -0.375 e. The summed E-state index contributed by atoms with van der Waals surface area (Å²) in [5.41, 5.74) is -0.690. The van der Waals surface area contributed by atoms with Crippen LogP contribution in [0.25, 0.3) is 5.69 Å². The van der Waals surface area contributed by atoms with Gasteiger partial charge in [0, 0.05) is 12.6 Å². The first-order chi connectivity index (χ1) is 12.4. The van der Waals surface area contributed by atoms with Crippen molar-refractivity contribution in [3.63, 3.8) is 0 Å². The van der Waals surface area contributed by atoms with Crippen molar-refractivity contribution >= 4 is 0 Å². The summed E-state index contributed by atoms with van der Waals surface area (Å²) in [4.78, 5) is 2.18.